The third kappa shape index (κ3) is 3.95. The van der Waals surface area contributed by atoms with Crippen molar-refractivity contribution in [3.8, 4) is 17.9 Å². The molecule has 1 atom stereocenters. The fraction of sp³-hybridized carbons (Fsp3) is 0.261. The summed E-state index contributed by atoms with van der Waals surface area (Å²) in [6.45, 7) is 2.19. The monoisotopic (exact) mass is 311 g/mol. The van der Waals surface area contributed by atoms with Crippen molar-refractivity contribution in [2.24, 2.45) is 0 Å². The second-order valence-electron chi connectivity index (χ2n) is 6.23. The van der Waals surface area contributed by atoms with Crippen LogP contribution in [0.1, 0.15) is 54.4 Å². The van der Waals surface area contributed by atoms with Gasteiger partial charge in [-0.15, -0.1) is 0 Å². The Morgan fingerprint density at radius 1 is 0.958 bits per heavy atom. The summed E-state index contributed by atoms with van der Waals surface area (Å²) in [6, 6.07) is 18.6. The molecule has 0 fully saturated rings. The van der Waals surface area contributed by atoms with E-state index in [4.69, 9.17) is 5.26 Å². The van der Waals surface area contributed by atoms with Gasteiger partial charge in [0.15, 0.2) is 0 Å². The van der Waals surface area contributed by atoms with E-state index in [1.54, 1.807) is 0 Å². The molecule has 24 heavy (non-hydrogen) atoms. The molecule has 0 bridgehead atoms. The summed E-state index contributed by atoms with van der Waals surface area (Å²) < 4.78 is 0. The van der Waals surface area contributed by atoms with E-state index >= 15 is 0 Å². The topological polar surface area (TPSA) is 23.8 Å². The number of aryl methyl sites for hydroxylation is 1. The fourth-order valence-corrected chi connectivity index (χ4v) is 3.06. The van der Waals surface area contributed by atoms with Crippen LogP contribution in [0.2, 0.25) is 0 Å². The zero-order valence-corrected chi connectivity index (χ0v) is 14.0. The van der Waals surface area contributed by atoms with Crippen LogP contribution in [0.15, 0.2) is 60.2 Å². The zero-order chi connectivity index (χ0) is 16.8. The van der Waals surface area contributed by atoms with Gasteiger partial charge < -0.3 is 0 Å². The van der Waals surface area contributed by atoms with Crippen LogP contribution in [0.4, 0.5) is 0 Å². The molecule has 3 rings (SSSR count). The molecule has 2 aromatic rings. The Bertz CT molecular complexity index is 821. The lowest BCUT2D eigenvalue weighted by molar-refractivity contribution is 0.607. The molecule has 1 heteroatoms. The van der Waals surface area contributed by atoms with Gasteiger partial charge in [0.1, 0.15) is 0 Å². The molecule has 0 saturated carbocycles. The number of nitrogens with zero attached hydrogens (tertiary/aromatic N) is 1. The number of nitriles is 1. The minimum Gasteiger partial charge on any atom is -0.192 e. The second kappa shape index (κ2) is 7.67. The van der Waals surface area contributed by atoms with Crippen molar-refractivity contribution in [2.75, 3.05) is 0 Å². The Morgan fingerprint density at radius 3 is 2.25 bits per heavy atom. The van der Waals surface area contributed by atoms with E-state index in [1.807, 2.05) is 24.3 Å². The first-order chi connectivity index (χ1) is 11.8. The summed E-state index contributed by atoms with van der Waals surface area (Å²) in [5, 5.41) is 8.82. The molecule has 0 saturated heterocycles. The third-order valence-corrected chi connectivity index (χ3v) is 4.65. The van der Waals surface area contributed by atoms with Gasteiger partial charge in [-0.05, 0) is 72.6 Å². The Balaban J connectivity index is 1.65. The number of rotatable bonds is 2. The van der Waals surface area contributed by atoms with Crippen LogP contribution >= 0.6 is 0 Å². The average molecular weight is 311 g/mol. The highest BCUT2D eigenvalue weighted by Gasteiger charge is 2.15. The van der Waals surface area contributed by atoms with E-state index in [1.165, 1.54) is 23.1 Å². The van der Waals surface area contributed by atoms with Gasteiger partial charge in [-0.1, -0.05) is 49.1 Å². The molecule has 0 aromatic heterocycles. The summed E-state index contributed by atoms with van der Waals surface area (Å²) in [7, 11) is 0. The molecule has 0 heterocycles. The Labute approximate surface area is 144 Å². The average Bonchev–Trinajstić information content (AvgIpc) is 2.67. The van der Waals surface area contributed by atoms with E-state index in [9.17, 15) is 0 Å². The van der Waals surface area contributed by atoms with Crippen LogP contribution in [-0.2, 0) is 6.42 Å². The van der Waals surface area contributed by atoms with Gasteiger partial charge in [0.2, 0.25) is 0 Å². The van der Waals surface area contributed by atoms with Crippen LogP contribution in [-0.4, -0.2) is 0 Å². The van der Waals surface area contributed by atoms with Crippen molar-refractivity contribution in [1.82, 2.24) is 0 Å². The largest absolute Gasteiger partial charge is 0.192 e. The summed E-state index contributed by atoms with van der Waals surface area (Å²) in [6.07, 6.45) is 6.67. The molecule has 1 aliphatic rings. The van der Waals surface area contributed by atoms with E-state index < -0.39 is 0 Å². The van der Waals surface area contributed by atoms with Gasteiger partial charge in [0.25, 0.3) is 0 Å². The van der Waals surface area contributed by atoms with Crippen molar-refractivity contribution in [2.45, 2.75) is 38.5 Å². The van der Waals surface area contributed by atoms with Crippen LogP contribution in [0.5, 0.6) is 0 Å². The van der Waals surface area contributed by atoms with E-state index in [-0.39, 0.29) is 0 Å². The predicted octanol–water partition coefficient (Wildman–Crippen LogP) is 5.37. The standard InChI is InChI=1S/C23H21N/c1-2-18-9-13-22(14-10-18)23-15-11-20(12-16-23)4-3-19-5-7-21(17-24)8-6-19/h5-11,13-14,23H,2,12,15-16H2,1H3. The normalized spacial score (nSPS) is 16.5. The lowest BCUT2D eigenvalue weighted by Gasteiger charge is -2.20. The first kappa shape index (κ1) is 16.1. The lowest BCUT2D eigenvalue weighted by atomic mass is 9.84. The maximum atomic E-state index is 8.82. The smallest absolute Gasteiger partial charge is 0.0991 e. The molecule has 0 aliphatic heterocycles. The molecule has 1 aliphatic carbocycles. The highest BCUT2D eigenvalue weighted by Crippen LogP contribution is 2.32. The van der Waals surface area contributed by atoms with Crippen molar-refractivity contribution in [3.05, 3.63) is 82.4 Å². The van der Waals surface area contributed by atoms with Gasteiger partial charge in [-0.3, -0.25) is 0 Å². The van der Waals surface area contributed by atoms with Gasteiger partial charge in [-0.25, -0.2) is 0 Å². The highest BCUT2D eigenvalue weighted by molar-refractivity contribution is 5.44. The highest BCUT2D eigenvalue weighted by atomic mass is 14.2. The molecule has 0 amide bonds. The number of benzene rings is 2. The van der Waals surface area contributed by atoms with E-state index in [2.05, 4.69) is 55.2 Å². The first-order valence-corrected chi connectivity index (χ1v) is 8.58. The van der Waals surface area contributed by atoms with Crippen molar-refractivity contribution < 1.29 is 0 Å². The number of allylic oxidation sites excluding steroid dienone is 2. The SMILES string of the molecule is CCc1ccc(C2CC=C(C#Cc3ccc(C#N)cc3)CC2)cc1. The van der Waals surface area contributed by atoms with E-state index in [0.717, 1.165) is 24.8 Å². The molecular formula is C23H21N. The first-order valence-electron chi connectivity index (χ1n) is 8.58. The molecule has 2 aromatic carbocycles. The second-order valence-corrected chi connectivity index (χ2v) is 6.23. The quantitative estimate of drug-likeness (QED) is 0.684. The van der Waals surface area contributed by atoms with Gasteiger partial charge >= 0.3 is 0 Å². The molecular weight excluding hydrogens is 290 g/mol. The zero-order valence-electron chi connectivity index (χ0n) is 14.0. The van der Waals surface area contributed by atoms with Crippen molar-refractivity contribution >= 4 is 0 Å². The van der Waals surface area contributed by atoms with E-state index in [0.29, 0.717) is 11.5 Å². The van der Waals surface area contributed by atoms with Crippen LogP contribution < -0.4 is 0 Å². The minimum absolute atomic E-state index is 0.622. The summed E-state index contributed by atoms with van der Waals surface area (Å²) in [5.74, 6) is 7.12. The summed E-state index contributed by atoms with van der Waals surface area (Å²) in [5.41, 5.74) is 5.73. The Hall–Kier alpha value is -2.77. The lowest BCUT2D eigenvalue weighted by Crippen LogP contribution is -2.03. The third-order valence-electron chi connectivity index (χ3n) is 4.65. The van der Waals surface area contributed by atoms with Gasteiger partial charge in [0, 0.05) is 5.56 Å². The number of hydrogen-bond donors (Lipinski definition) is 0. The molecule has 1 nitrogen and oxygen atoms in total. The minimum atomic E-state index is 0.622. The maximum Gasteiger partial charge on any atom is 0.0991 e. The molecule has 0 N–H and O–H groups in total. The van der Waals surface area contributed by atoms with Crippen molar-refractivity contribution in [3.63, 3.8) is 0 Å². The molecule has 118 valence electrons. The van der Waals surface area contributed by atoms with Crippen LogP contribution in [0, 0.1) is 23.2 Å². The maximum absolute atomic E-state index is 8.82. The van der Waals surface area contributed by atoms with Crippen LogP contribution in [0.25, 0.3) is 0 Å². The Morgan fingerprint density at radius 2 is 1.67 bits per heavy atom. The number of hydrogen-bond acceptors (Lipinski definition) is 1. The van der Waals surface area contributed by atoms with Crippen LogP contribution in [0.3, 0.4) is 0 Å². The fourth-order valence-electron chi connectivity index (χ4n) is 3.06. The molecule has 1 unspecified atom stereocenters. The van der Waals surface area contributed by atoms with Gasteiger partial charge in [-0.2, -0.15) is 5.26 Å². The van der Waals surface area contributed by atoms with Crippen molar-refractivity contribution in [1.29, 1.82) is 5.26 Å². The summed E-state index contributed by atoms with van der Waals surface area (Å²) >= 11 is 0. The predicted molar refractivity (Wildman–Crippen MR) is 98.5 cm³/mol. The Kier molecular flexibility index (Phi) is 5.15. The summed E-state index contributed by atoms with van der Waals surface area (Å²) in [4.78, 5) is 0. The molecule has 0 radical (unpaired) electrons. The van der Waals surface area contributed by atoms with Gasteiger partial charge in [0.05, 0.1) is 11.6 Å². The molecule has 0 spiro atoms.